The van der Waals surface area contributed by atoms with Gasteiger partial charge in [0.15, 0.2) is 12.4 Å². The number of nitrogens with one attached hydrogen (secondary N) is 1. The number of carbonyl (C=O) groups excluding carboxylic acids is 4. The number of pyridine rings is 1. The van der Waals surface area contributed by atoms with Gasteiger partial charge in [0, 0.05) is 6.20 Å². The van der Waals surface area contributed by atoms with E-state index in [0.29, 0.717) is 12.3 Å². The van der Waals surface area contributed by atoms with Crippen LogP contribution in [-0.4, -0.2) is 46.2 Å². The van der Waals surface area contributed by atoms with E-state index in [1.54, 1.807) is 26.0 Å². The molecule has 0 aliphatic carbocycles. The predicted octanol–water partition coefficient (Wildman–Crippen LogP) is 3.56. The van der Waals surface area contributed by atoms with Crippen molar-refractivity contribution in [2.75, 3.05) is 11.9 Å². The maximum absolute atomic E-state index is 12.7. The Morgan fingerprint density at radius 3 is 2.21 bits per heavy atom. The molecule has 2 aromatic rings. The number of rotatable bonds is 6. The zero-order chi connectivity index (χ0) is 24.5. The number of nitrogens with zero attached hydrogens (tertiary/aromatic N) is 2. The van der Waals surface area contributed by atoms with Crippen LogP contribution in [0.2, 0.25) is 5.02 Å². The summed E-state index contributed by atoms with van der Waals surface area (Å²) in [5.41, 5.74) is -0.791. The van der Waals surface area contributed by atoms with Gasteiger partial charge in [0.05, 0.1) is 21.7 Å². The van der Waals surface area contributed by atoms with E-state index in [4.69, 9.17) is 16.3 Å². The minimum Gasteiger partial charge on any atom is -0.454 e. The van der Waals surface area contributed by atoms with Crippen LogP contribution in [0.5, 0.6) is 0 Å². The van der Waals surface area contributed by atoms with Crippen LogP contribution in [0.4, 0.5) is 19.0 Å². The Hall–Kier alpha value is -3.47. The van der Waals surface area contributed by atoms with E-state index in [0.717, 1.165) is 4.90 Å². The maximum atomic E-state index is 12.7. The van der Waals surface area contributed by atoms with Crippen LogP contribution in [0.1, 0.15) is 40.1 Å². The standard InChI is InChI=1S/C21H17ClF3N3O5/c1-10(2)16(28-18(30)12-5-3-4-6-13(12)19(28)31)20(32)33-9-15(29)27-17-14(22)7-11(8-26-17)21(23,24)25/h3-8,10,16H,9H2,1-2H3,(H,26,27,29). The molecule has 0 fully saturated rings. The van der Waals surface area contributed by atoms with Crippen molar-refractivity contribution in [1.29, 1.82) is 0 Å². The lowest BCUT2D eigenvalue weighted by Crippen LogP contribution is -2.49. The normalized spacial score (nSPS) is 14.3. The molecule has 12 heteroatoms. The summed E-state index contributed by atoms with van der Waals surface area (Å²) in [6, 6.07) is 5.40. The average Bonchev–Trinajstić information content (AvgIpc) is 2.98. The summed E-state index contributed by atoms with van der Waals surface area (Å²) in [5.74, 6) is -4.13. The Kier molecular flexibility index (Phi) is 6.73. The second kappa shape index (κ2) is 9.18. The van der Waals surface area contributed by atoms with Crippen LogP contribution >= 0.6 is 11.6 Å². The number of halogens is 4. The highest BCUT2D eigenvalue weighted by Crippen LogP contribution is 2.32. The molecule has 1 unspecified atom stereocenters. The highest BCUT2D eigenvalue weighted by atomic mass is 35.5. The third-order valence-corrected chi connectivity index (χ3v) is 5.04. The minimum atomic E-state index is -4.66. The van der Waals surface area contributed by atoms with E-state index in [-0.39, 0.29) is 16.9 Å². The minimum absolute atomic E-state index is 0.154. The Bertz CT molecular complexity index is 1100. The van der Waals surface area contributed by atoms with Crippen molar-refractivity contribution >= 4 is 41.1 Å². The molecule has 3 amide bonds. The Morgan fingerprint density at radius 1 is 1.15 bits per heavy atom. The van der Waals surface area contributed by atoms with E-state index >= 15 is 0 Å². The molecule has 3 rings (SSSR count). The molecule has 0 spiro atoms. The van der Waals surface area contributed by atoms with Crippen molar-refractivity contribution in [3.05, 3.63) is 58.2 Å². The second-order valence-corrected chi connectivity index (χ2v) is 7.83. The number of benzene rings is 1. The Labute approximate surface area is 190 Å². The lowest BCUT2D eigenvalue weighted by Gasteiger charge is -2.27. The molecule has 1 atom stereocenters. The van der Waals surface area contributed by atoms with Gasteiger partial charge in [0.2, 0.25) is 0 Å². The molecule has 1 aliphatic rings. The lowest BCUT2D eigenvalue weighted by molar-refractivity contribution is -0.152. The number of imide groups is 1. The molecule has 0 bridgehead atoms. The van der Waals surface area contributed by atoms with Gasteiger partial charge in [-0.15, -0.1) is 0 Å². The van der Waals surface area contributed by atoms with E-state index in [2.05, 4.69) is 10.3 Å². The molecule has 1 N–H and O–H groups in total. The summed E-state index contributed by atoms with van der Waals surface area (Å²) in [4.78, 5) is 54.4. The first-order valence-electron chi connectivity index (χ1n) is 9.58. The first kappa shape index (κ1) is 24.2. The van der Waals surface area contributed by atoms with Crippen LogP contribution in [0, 0.1) is 5.92 Å². The van der Waals surface area contributed by atoms with Crippen LogP contribution in [0.15, 0.2) is 36.5 Å². The van der Waals surface area contributed by atoms with Crippen LogP contribution < -0.4 is 5.32 Å². The monoisotopic (exact) mass is 483 g/mol. The molecule has 1 aromatic carbocycles. The highest BCUT2D eigenvalue weighted by molar-refractivity contribution is 6.33. The number of alkyl halides is 3. The predicted molar refractivity (Wildman–Crippen MR) is 109 cm³/mol. The number of aromatic nitrogens is 1. The zero-order valence-corrected chi connectivity index (χ0v) is 18.0. The van der Waals surface area contributed by atoms with Crippen LogP contribution in [-0.2, 0) is 20.5 Å². The summed E-state index contributed by atoms with van der Waals surface area (Å²) in [6.45, 7) is 2.35. The van der Waals surface area contributed by atoms with Crippen LogP contribution in [0.3, 0.4) is 0 Å². The summed E-state index contributed by atoms with van der Waals surface area (Å²) >= 11 is 5.73. The second-order valence-electron chi connectivity index (χ2n) is 7.42. The van der Waals surface area contributed by atoms with Crippen molar-refractivity contribution in [3.8, 4) is 0 Å². The number of fused-ring (bicyclic) bond motifs is 1. The van der Waals surface area contributed by atoms with Gasteiger partial charge in [0.1, 0.15) is 6.04 Å². The largest absolute Gasteiger partial charge is 0.454 e. The van der Waals surface area contributed by atoms with Crippen molar-refractivity contribution < 1.29 is 37.1 Å². The number of amides is 3. The van der Waals surface area contributed by atoms with Crippen molar-refractivity contribution in [3.63, 3.8) is 0 Å². The van der Waals surface area contributed by atoms with Gasteiger partial charge < -0.3 is 10.1 Å². The van der Waals surface area contributed by atoms with Gasteiger partial charge in [-0.2, -0.15) is 13.2 Å². The molecular weight excluding hydrogens is 467 g/mol. The molecule has 174 valence electrons. The van der Waals surface area contributed by atoms with Gasteiger partial charge >= 0.3 is 12.1 Å². The summed E-state index contributed by atoms with van der Waals surface area (Å²) in [5, 5.41) is 1.68. The number of ether oxygens (including phenoxy) is 1. The van der Waals surface area contributed by atoms with Crippen molar-refractivity contribution in [2.45, 2.75) is 26.1 Å². The Morgan fingerprint density at radius 2 is 1.73 bits per heavy atom. The van der Waals surface area contributed by atoms with Gasteiger partial charge in [-0.3, -0.25) is 19.3 Å². The fourth-order valence-electron chi connectivity index (χ4n) is 3.21. The van der Waals surface area contributed by atoms with Gasteiger partial charge in [0.25, 0.3) is 17.7 Å². The fraction of sp³-hybridized carbons (Fsp3) is 0.286. The molecule has 1 aliphatic heterocycles. The van der Waals surface area contributed by atoms with E-state index in [1.807, 2.05) is 0 Å². The number of esters is 1. The molecule has 0 saturated carbocycles. The van der Waals surface area contributed by atoms with Crippen molar-refractivity contribution in [2.24, 2.45) is 5.92 Å². The van der Waals surface area contributed by atoms with Crippen LogP contribution in [0.25, 0.3) is 0 Å². The SMILES string of the molecule is CC(C)C(C(=O)OCC(=O)Nc1ncc(C(F)(F)F)cc1Cl)N1C(=O)c2ccccc2C1=O. The van der Waals surface area contributed by atoms with E-state index in [9.17, 15) is 32.3 Å². The molecule has 2 heterocycles. The van der Waals surface area contributed by atoms with Gasteiger partial charge in [-0.25, -0.2) is 9.78 Å². The maximum Gasteiger partial charge on any atom is 0.417 e. The smallest absolute Gasteiger partial charge is 0.417 e. The zero-order valence-electron chi connectivity index (χ0n) is 17.3. The summed E-state index contributed by atoms with van der Waals surface area (Å²) in [6.07, 6.45) is -4.17. The van der Waals surface area contributed by atoms with Gasteiger partial charge in [-0.05, 0) is 24.1 Å². The lowest BCUT2D eigenvalue weighted by atomic mass is 10.0. The Balaban J connectivity index is 1.67. The quantitative estimate of drug-likeness (QED) is 0.497. The third-order valence-electron chi connectivity index (χ3n) is 4.75. The molecule has 0 saturated heterocycles. The third kappa shape index (κ3) is 4.98. The average molecular weight is 484 g/mol. The summed E-state index contributed by atoms with van der Waals surface area (Å²) in [7, 11) is 0. The van der Waals surface area contributed by atoms with Crippen molar-refractivity contribution in [1.82, 2.24) is 9.88 Å². The topological polar surface area (TPSA) is 106 Å². The fourth-order valence-corrected chi connectivity index (χ4v) is 3.42. The number of hydrogen-bond acceptors (Lipinski definition) is 6. The number of anilines is 1. The number of hydrogen-bond donors (Lipinski definition) is 1. The molecule has 1 aromatic heterocycles. The molecule has 0 radical (unpaired) electrons. The number of carbonyl (C=O) groups is 4. The first-order chi connectivity index (χ1) is 15.4. The molecule has 33 heavy (non-hydrogen) atoms. The van der Waals surface area contributed by atoms with E-state index < -0.39 is 59.0 Å². The molecular formula is C21H17ClF3N3O5. The molecule has 8 nitrogen and oxygen atoms in total. The highest BCUT2D eigenvalue weighted by Gasteiger charge is 2.44. The van der Waals surface area contributed by atoms with Gasteiger partial charge in [-0.1, -0.05) is 37.6 Å². The van der Waals surface area contributed by atoms with E-state index in [1.165, 1.54) is 12.1 Å². The first-order valence-corrected chi connectivity index (χ1v) is 9.95. The summed E-state index contributed by atoms with van der Waals surface area (Å²) < 4.78 is 43.0.